The lowest BCUT2D eigenvalue weighted by Gasteiger charge is -2.29. The maximum absolute atomic E-state index is 11.2. The number of nitrogens with one attached hydrogen (secondary N) is 1. The van der Waals surface area contributed by atoms with E-state index in [1.165, 1.54) is 17.7 Å². The summed E-state index contributed by atoms with van der Waals surface area (Å²) in [6, 6.07) is 7.87. The molecule has 4 heteroatoms. The zero-order valence-electron chi connectivity index (χ0n) is 13.2. The quantitative estimate of drug-likeness (QED) is 0.813. The number of aliphatic hydroxyl groups is 1. The fraction of sp³-hybridized carbons (Fsp3) is 0.500. The normalized spacial score (nSPS) is 23.5. The third-order valence-corrected chi connectivity index (χ3v) is 4.86. The SMILES string of the molecule is CC1CC[NH+](C[C@H](O)Cn2cc(C=O)c3ccccc32)CC1. The molecule has 1 aliphatic heterocycles. The minimum absolute atomic E-state index is 0.376. The third-order valence-electron chi connectivity index (χ3n) is 4.86. The average Bonchev–Trinajstić information content (AvgIpc) is 2.88. The zero-order chi connectivity index (χ0) is 15.5. The molecule has 1 saturated heterocycles. The first-order valence-electron chi connectivity index (χ1n) is 8.22. The fourth-order valence-corrected chi connectivity index (χ4v) is 3.52. The highest BCUT2D eigenvalue weighted by atomic mass is 16.3. The number of carbonyl (C=O) groups is 1. The van der Waals surface area contributed by atoms with Crippen LogP contribution in [0.4, 0.5) is 0 Å². The largest absolute Gasteiger partial charge is 0.385 e. The standard InChI is InChI=1S/C18H24N2O2/c1-14-6-8-19(9-7-14)11-16(22)12-20-10-15(13-21)17-4-2-3-5-18(17)20/h2-5,10,13-14,16,22H,6-9,11-12H2,1H3/p+1/t16-/m0/s1. The first-order chi connectivity index (χ1) is 10.7. The number of rotatable bonds is 5. The first-order valence-corrected chi connectivity index (χ1v) is 8.22. The van der Waals surface area contributed by atoms with Gasteiger partial charge in [-0.1, -0.05) is 25.1 Å². The number of hydrogen-bond donors (Lipinski definition) is 2. The van der Waals surface area contributed by atoms with E-state index < -0.39 is 0 Å². The van der Waals surface area contributed by atoms with Crippen LogP contribution in [0.25, 0.3) is 10.9 Å². The van der Waals surface area contributed by atoms with Gasteiger partial charge in [-0.25, -0.2) is 0 Å². The van der Waals surface area contributed by atoms with Crippen molar-refractivity contribution >= 4 is 17.2 Å². The monoisotopic (exact) mass is 301 g/mol. The molecule has 2 heterocycles. The van der Waals surface area contributed by atoms with Gasteiger partial charge >= 0.3 is 0 Å². The molecule has 0 aliphatic carbocycles. The molecule has 2 aromatic rings. The first kappa shape index (κ1) is 15.3. The van der Waals surface area contributed by atoms with Crippen LogP contribution in [0, 0.1) is 5.92 Å². The lowest BCUT2D eigenvalue weighted by molar-refractivity contribution is -0.909. The number of piperidine rings is 1. The lowest BCUT2D eigenvalue weighted by Crippen LogP contribution is -3.14. The Morgan fingerprint density at radius 3 is 2.82 bits per heavy atom. The van der Waals surface area contributed by atoms with Gasteiger partial charge in [-0.15, -0.1) is 0 Å². The number of para-hydroxylation sites is 1. The topological polar surface area (TPSA) is 46.7 Å². The van der Waals surface area contributed by atoms with Crippen LogP contribution in [0.1, 0.15) is 30.1 Å². The predicted molar refractivity (Wildman–Crippen MR) is 87.3 cm³/mol. The molecule has 22 heavy (non-hydrogen) atoms. The Kier molecular flexibility index (Phi) is 4.60. The lowest BCUT2D eigenvalue weighted by atomic mass is 9.99. The third kappa shape index (κ3) is 3.23. The number of aliphatic hydroxyl groups excluding tert-OH is 1. The number of benzene rings is 1. The summed E-state index contributed by atoms with van der Waals surface area (Å²) in [5.74, 6) is 0.824. The number of aldehydes is 1. The number of hydrogen-bond acceptors (Lipinski definition) is 2. The van der Waals surface area contributed by atoms with Crippen molar-refractivity contribution in [3.8, 4) is 0 Å². The second-order valence-electron chi connectivity index (χ2n) is 6.66. The molecule has 1 aromatic carbocycles. The van der Waals surface area contributed by atoms with Crippen LogP contribution in [0.3, 0.4) is 0 Å². The molecule has 0 unspecified atom stereocenters. The van der Waals surface area contributed by atoms with Crippen LogP contribution in [0.15, 0.2) is 30.5 Å². The molecule has 1 aromatic heterocycles. The summed E-state index contributed by atoms with van der Waals surface area (Å²) in [4.78, 5) is 12.7. The molecular formula is C18H25N2O2+. The van der Waals surface area contributed by atoms with Gasteiger partial charge < -0.3 is 14.6 Å². The Morgan fingerprint density at radius 1 is 1.36 bits per heavy atom. The number of carbonyl (C=O) groups excluding carboxylic acids is 1. The van der Waals surface area contributed by atoms with E-state index in [0.717, 1.165) is 42.7 Å². The summed E-state index contributed by atoms with van der Waals surface area (Å²) in [6.07, 6.45) is 4.88. The van der Waals surface area contributed by atoms with Gasteiger partial charge in [0, 0.05) is 22.7 Å². The Bertz CT molecular complexity index is 642. The summed E-state index contributed by atoms with van der Waals surface area (Å²) in [5.41, 5.74) is 1.72. The van der Waals surface area contributed by atoms with Crippen LogP contribution in [0.2, 0.25) is 0 Å². The second-order valence-corrected chi connectivity index (χ2v) is 6.66. The number of fused-ring (bicyclic) bond motifs is 1. The number of quaternary nitrogens is 1. The Morgan fingerprint density at radius 2 is 2.09 bits per heavy atom. The molecule has 0 spiro atoms. The van der Waals surface area contributed by atoms with Crippen LogP contribution < -0.4 is 4.90 Å². The maximum atomic E-state index is 11.2. The molecule has 3 rings (SSSR count). The van der Waals surface area contributed by atoms with Crippen molar-refractivity contribution in [2.75, 3.05) is 19.6 Å². The number of aromatic nitrogens is 1. The zero-order valence-corrected chi connectivity index (χ0v) is 13.2. The van der Waals surface area contributed by atoms with Gasteiger partial charge in [0.2, 0.25) is 0 Å². The van der Waals surface area contributed by atoms with Crippen molar-refractivity contribution in [2.45, 2.75) is 32.4 Å². The van der Waals surface area contributed by atoms with Gasteiger partial charge in [-0.05, 0) is 24.8 Å². The fourth-order valence-electron chi connectivity index (χ4n) is 3.52. The van der Waals surface area contributed by atoms with Crippen molar-refractivity contribution in [1.29, 1.82) is 0 Å². The maximum Gasteiger partial charge on any atom is 0.152 e. The Balaban J connectivity index is 1.69. The van der Waals surface area contributed by atoms with Crippen LogP contribution in [0.5, 0.6) is 0 Å². The number of likely N-dealkylation sites (tertiary alicyclic amines) is 1. The summed E-state index contributed by atoms with van der Waals surface area (Å²) in [5, 5.41) is 11.4. The highest BCUT2D eigenvalue weighted by Gasteiger charge is 2.22. The predicted octanol–water partition coefficient (Wildman–Crippen LogP) is 1.13. The molecule has 0 amide bonds. The van der Waals surface area contributed by atoms with Crippen LogP contribution in [-0.2, 0) is 6.54 Å². The minimum atomic E-state index is -0.376. The molecule has 0 radical (unpaired) electrons. The highest BCUT2D eigenvalue weighted by molar-refractivity contribution is 5.97. The van der Waals surface area contributed by atoms with E-state index in [0.29, 0.717) is 12.1 Å². The molecule has 4 nitrogen and oxygen atoms in total. The highest BCUT2D eigenvalue weighted by Crippen LogP contribution is 2.20. The number of nitrogens with zero attached hydrogens (tertiary/aromatic N) is 1. The van der Waals surface area contributed by atoms with Crippen molar-refractivity contribution in [3.63, 3.8) is 0 Å². The van der Waals surface area contributed by atoms with Crippen LogP contribution >= 0.6 is 0 Å². The van der Waals surface area contributed by atoms with Gasteiger partial charge in [-0.2, -0.15) is 0 Å². The van der Waals surface area contributed by atoms with Gasteiger partial charge in [0.25, 0.3) is 0 Å². The molecule has 2 N–H and O–H groups in total. The summed E-state index contributed by atoms with van der Waals surface area (Å²) in [6.45, 7) is 5.96. The van der Waals surface area contributed by atoms with Gasteiger partial charge in [0.05, 0.1) is 19.6 Å². The van der Waals surface area contributed by atoms with Gasteiger partial charge in [0.1, 0.15) is 12.6 Å². The average molecular weight is 301 g/mol. The molecule has 118 valence electrons. The summed E-state index contributed by atoms with van der Waals surface area (Å²) < 4.78 is 2.01. The molecule has 0 bridgehead atoms. The van der Waals surface area contributed by atoms with E-state index >= 15 is 0 Å². The summed E-state index contributed by atoms with van der Waals surface area (Å²) in [7, 11) is 0. The van der Waals surface area contributed by atoms with Gasteiger partial charge in [-0.3, -0.25) is 4.79 Å². The minimum Gasteiger partial charge on any atom is -0.385 e. The molecular weight excluding hydrogens is 276 g/mol. The van der Waals surface area contributed by atoms with E-state index in [1.54, 1.807) is 0 Å². The Hall–Kier alpha value is -1.65. The van der Waals surface area contributed by atoms with E-state index in [4.69, 9.17) is 0 Å². The molecule has 0 saturated carbocycles. The summed E-state index contributed by atoms with van der Waals surface area (Å²) >= 11 is 0. The smallest absolute Gasteiger partial charge is 0.152 e. The van der Waals surface area contributed by atoms with Crippen molar-refractivity contribution in [2.24, 2.45) is 5.92 Å². The van der Waals surface area contributed by atoms with E-state index in [-0.39, 0.29) is 6.10 Å². The van der Waals surface area contributed by atoms with Gasteiger partial charge in [0.15, 0.2) is 6.29 Å². The van der Waals surface area contributed by atoms with Crippen molar-refractivity contribution in [1.82, 2.24) is 4.57 Å². The Labute approximate surface area is 131 Å². The van der Waals surface area contributed by atoms with Crippen molar-refractivity contribution < 1.29 is 14.8 Å². The molecule has 1 fully saturated rings. The van der Waals surface area contributed by atoms with E-state index in [1.807, 2.05) is 35.0 Å². The van der Waals surface area contributed by atoms with Crippen molar-refractivity contribution in [3.05, 3.63) is 36.0 Å². The van der Waals surface area contributed by atoms with E-state index in [9.17, 15) is 9.90 Å². The van der Waals surface area contributed by atoms with E-state index in [2.05, 4.69) is 6.92 Å². The second kappa shape index (κ2) is 6.63. The molecule has 1 aliphatic rings. The molecule has 1 atom stereocenters. The van der Waals surface area contributed by atoms with Crippen LogP contribution in [-0.4, -0.2) is 41.7 Å².